The highest BCUT2D eigenvalue weighted by molar-refractivity contribution is 7.89. The SMILES string of the molecule is C[C@H](N=Cc1cc([N+](=O)[O-])ccc1[O-])c1ccc(S(N)(=O)=O)cc1. The van der Waals surface area contributed by atoms with Crippen molar-refractivity contribution in [1.82, 2.24) is 0 Å². The van der Waals surface area contributed by atoms with Crippen LogP contribution in [0.3, 0.4) is 0 Å². The quantitative estimate of drug-likeness (QED) is 0.495. The van der Waals surface area contributed by atoms with Gasteiger partial charge in [0.1, 0.15) is 0 Å². The van der Waals surface area contributed by atoms with E-state index in [2.05, 4.69) is 4.99 Å². The zero-order chi connectivity index (χ0) is 17.9. The number of sulfonamides is 1. The molecule has 2 aromatic rings. The maximum absolute atomic E-state index is 11.7. The van der Waals surface area contributed by atoms with Gasteiger partial charge in [0.05, 0.1) is 15.9 Å². The second kappa shape index (κ2) is 6.77. The number of benzene rings is 2. The van der Waals surface area contributed by atoms with Gasteiger partial charge in [-0.3, -0.25) is 15.1 Å². The van der Waals surface area contributed by atoms with Crippen LogP contribution in [0.4, 0.5) is 5.69 Å². The maximum Gasteiger partial charge on any atom is 0.270 e. The van der Waals surface area contributed by atoms with Crippen LogP contribution in [0.25, 0.3) is 0 Å². The predicted molar refractivity (Wildman–Crippen MR) is 86.4 cm³/mol. The number of nitro benzene ring substituents is 1. The molecule has 0 saturated carbocycles. The first-order valence-electron chi connectivity index (χ1n) is 6.80. The molecule has 2 aromatic carbocycles. The third-order valence-electron chi connectivity index (χ3n) is 3.33. The van der Waals surface area contributed by atoms with E-state index in [0.717, 1.165) is 18.2 Å². The van der Waals surface area contributed by atoms with Crippen molar-refractivity contribution < 1.29 is 18.4 Å². The molecule has 8 nitrogen and oxygen atoms in total. The zero-order valence-electron chi connectivity index (χ0n) is 12.6. The summed E-state index contributed by atoms with van der Waals surface area (Å²) in [4.78, 5) is 14.3. The van der Waals surface area contributed by atoms with Crippen LogP contribution < -0.4 is 10.2 Å². The number of rotatable bonds is 5. The van der Waals surface area contributed by atoms with Gasteiger partial charge >= 0.3 is 0 Å². The van der Waals surface area contributed by atoms with Gasteiger partial charge in [-0.15, -0.1) is 0 Å². The summed E-state index contributed by atoms with van der Waals surface area (Å²) in [6, 6.07) is 8.88. The Morgan fingerprint density at radius 2 is 1.83 bits per heavy atom. The maximum atomic E-state index is 11.7. The molecule has 0 fully saturated rings. The molecular weight excluding hydrogens is 334 g/mol. The van der Waals surface area contributed by atoms with Crippen LogP contribution in [0.2, 0.25) is 0 Å². The normalized spacial score (nSPS) is 13.1. The molecule has 24 heavy (non-hydrogen) atoms. The molecule has 0 spiro atoms. The Labute approximate surface area is 138 Å². The second-order valence-electron chi connectivity index (χ2n) is 5.05. The van der Waals surface area contributed by atoms with Crippen LogP contribution in [0.1, 0.15) is 24.1 Å². The van der Waals surface area contributed by atoms with Gasteiger partial charge in [-0.1, -0.05) is 23.9 Å². The topological polar surface area (TPSA) is 139 Å². The Balaban J connectivity index is 2.23. The Kier molecular flexibility index (Phi) is 4.96. The third-order valence-corrected chi connectivity index (χ3v) is 4.26. The number of non-ortho nitro benzene ring substituents is 1. The van der Waals surface area contributed by atoms with Crippen LogP contribution in [-0.4, -0.2) is 19.6 Å². The highest BCUT2D eigenvalue weighted by Crippen LogP contribution is 2.22. The standard InChI is InChI=1S/C15H15N3O5S/c1-10(11-2-5-14(6-3-11)24(16,22)23)17-9-12-8-13(18(20)21)4-7-15(12)19/h2-10,19H,1H3,(H2,16,22,23)/p-1/t10-/m0/s1. The first-order valence-corrected chi connectivity index (χ1v) is 8.34. The smallest absolute Gasteiger partial charge is 0.270 e. The van der Waals surface area contributed by atoms with Crippen molar-refractivity contribution in [3.8, 4) is 5.75 Å². The van der Waals surface area contributed by atoms with E-state index in [9.17, 15) is 23.6 Å². The monoisotopic (exact) mass is 348 g/mol. The number of hydrogen-bond acceptors (Lipinski definition) is 6. The molecule has 0 bridgehead atoms. The van der Waals surface area contributed by atoms with Crippen LogP contribution in [0.15, 0.2) is 52.4 Å². The molecule has 0 aliphatic rings. The van der Waals surface area contributed by atoms with Crippen molar-refractivity contribution in [2.24, 2.45) is 10.1 Å². The Bertz CT molecular complexity index is 892. The molecule has 0 heterocycles. The van der Waals surface area contributed by atoms with E-state index in [1.54, 1.807) is 19.1 Å². The Morgan fingerprint density at radius 1 is 1.21 bits per heavy atom. The van der Waals surface area contributed by atoms with Gasteiger partial charge in [-0.05, 0) is 30.2 Å². The zero-order valence-corrected chi connectivity index (χ0v) is 13.4. The summed E-state index contributed by atoms with van der Waals surface area (Å²) in [6.45, 7) is 1.74. The van der Waals surface area contributed by atoms with E-state index in [-0.39, 0.29) is 27.9 Å². The molecule has 0 aliphatic carbocycles. The summed E-state index contributed by atoms with van der Waals surface area (Å²) in [5, 5.41) is 27.5. The lowest BCUT2D eigenvalue weighted by Gasteiger charge is -2.11. The van der Waals surface area contributed by atoms with E-state index in [1.807, 2.05) is 0 Å². The lowest BCUT2D eigenvalue weighted by atomic mass is 10.1. The van der Waals surface area contributed by atoms with Crippen molar-refractivity contribution in [3.05, 3.63) is 63.7 Å². The van der Waals surface area contributed by atoms with Gasteiger partial charge in [0.15, 0.2) is 0 Å². The third kappa shape index (κ3) is 4.15. The van der Waals surface area contributed by atoms with Gasteiger partial charge in [-0.25, -0.2) is 13.6 Å². The average molecular weight is 348 g/mol. The van der Waals surface area contributed by atoms with E-state index >= 15 is 0 Å². The van der Waals surface area contributed by atoms with Crippen LogP contribution in [0, 0.1) is 10.1 Å². The number of nitro groups is 1. The first kappa shape index (κ1) is 17.6. The van der Waals surface area contributed by atoms with Crippen molar-refractivity contribution >= 4 is 21.9 Å². The molecule has 126 valence electrons. The minimum atomic E-state index is -3.76. The molecule has 2 rings (SSSR count). The molecule has 0 aliphatic heterocycles. The average Bonchev–Trinajstić information content (AvgIpc) is 2.52. The fourth-order valence-electron chi connectivity index (χ4n) is 1.96. The number of primary sulfonamides is 1. The Morgan fingerprint density at radius 3 is 2.38 bits per heavy atom. The predicted octanol–water partition coefficient (Wildman–Crippen LogP) is 1.50. The first-order chi connectivity index (χ1) is 11.2. The summed E-state index contributed by atoms with van der Waals surface area (Å²) in [5.74, 6) is -0.374. The van der Waals surface area contributed by atoms with Crippen LogP contribution in [0.5, 0.6) is 5.75 Å². The van der Waals surface area contributed by atoms with E-state index in [4.69, 9.17) is 5.14 Å². The Hall–Kier alpha value is -2.78. The lowest BCUT2D eigenvalue weighted by molar-refractivity contribution is -0.385. The molecule has 0 unspecified atom stereocenters. The molecule has 0 amide bonds. The number of nitrogens with two attached hydrogens (primary N) is 1. The number of nitrogens with zero attached hydrogens (tertiary/aromatic N) is 2. The van der Waals surface area contributed by atoms with E-state index in [1.165, 1.54) is 18.3 Å². The molecule has 9 heteroatoms. The number of hydrogen-bond donors (Lipinski definition) is 1. The highest BCUT2D eigenvalue weighted by atomic mass is 32.2. The van der Waals surface area contributed by atoms with Gasteiger partial charge < -0.3 is 5.11 Å². The van der Waals surface area contributed by atoms with Crippen molar-refractivity contribution in [1.29, 1.82) is 0 Å². The molecule has 2 N–H and O–H groups in total. The fraction of sp³-hybridized carbons (Fsp3) is 0.133. The van der Waals surface area contributed by atoms with Crippen molar-refractivity contribution in [3.63, 3.8) is 0 Å². The summed E-state index contributed by atoms with van der Waals surface area (Å²) in [7, 11) is -3.76. The molecule has 0 saturated heterocycles. The minimum absolute atomic E-state index is 0.0111. The molecule has 1 atom stereocenters. The van der Waals surface area contributed by atoms with E-state index in [0.29, 0.717) is 5.56 Å². The summed E-state index contributed by atoms with van der Waals surface area (Å²) < 4.78 is 22.4. The summed E-state index contributed by atoms with van der Waals surface area (Å²) in [6.07, 6.45) is 1.27. The molecule has 0 aromatic heterocycles. The summed E-state index contributed by atoms with van der Waals surface area (Å²) >= 11 is 0. The largest absolute Gasteiger partial charge is 0.872 e. The van der Waals surface area contributed by atoms with Gasteiger partial charge in [0.2, 0.25) is 10.0 Å². The van der Waals surface area contributed by atoms with Crippen LogP contribution in [-0.2, 0) is 10.0 Å². The lowest BCUT2D eigenvalue weighted by Crippen LogP contribution is -2.12. The van der Waals surface area contributed by atoms with Crippen molar-refractivity contribution in [2.75, 3.05) is 0 Å². The number of aliphatic imine (C=N–C) groups is 1. The summed E-state index contributed by atoms with van der Waals surface area (Å²) in [5.41, 5.74) is 0.620. The van der Waals surface area contributed by atoms with E-state index < -0.39 is 14.9 Å². The fourth-order valence-corrected chi connectivity index (χ4v) is 2.48. The second-order valence-corrected chi connectivity index (χ2v) is 6.61. The van der Waals surface area contributed by atoms with Gasteiger partial charge in [-0.2, -0.15) is 0 Å². The van der Waals surface area contributed by atoms with Gasteiger partial charge in [0, 0.05) is 18.3 Å². The van der Waals surface area contributed by atoms with Gasteiger partial charge in [0.25, 0.3) is 5.69 Å². The van der Waals surface area contributed by atoms with Crippen LogP contribution >= 0.6 is 0 Å². The minimum Gasteiger partial charge on any atom is -0.872 e. The highest BCUT2D eigenvalue weighted by Gasteiger charge is 2.09. The molecular formula is C15H14N3O5S-. The van der Waals surface area contributed by atoms with Crippen molar-refractivity contribution in [2.45, 2.75) is 17.9 Å². The molecule has 0 radical (unpaired) electrons.